The number of ether oxygens (including phenoxy) is 1. The van der Waals surface area contributed by atoms with Crippen LogP contribution in [0.3, 0.4) is 0 Å². The van der Waals surface area contributed by atoms with Crippen LogP contribution < -0.4 is 4.74 Å². The molecule has 2 aromatic carbocycles. The second kappa shape index (κ2) is 6.72. The molecule has 0 aromatic heterocycles. The van der Waals surface area contributed by atoms with Gasteiger partial charge in [-0.05, 0) is 42.0 Å². The molecule has 1 atom stereocenters. The second-order valence-corrected chi connectivity index (χ2v) is 6.61. The van der Waals surface area contributed by atoms with Gasteiger partial charge in [-0.3, -0.25) is 9.59 Å². The van der Waals surface area contributed by atoms with Crippen LogP contribution in [0.4, 0.5) is 0 Å². The van der Waals surface area contributed by atoms with Crippen LogP contribution in [-0.4, -0.2) is 35.9 Å². The largest absolute Gasteiger partial charge is 0.507 e. The van der Waals surface area contributed by atoms with E-state index in [1.54, 1.807) is 38.4 Å². The average molecular weight is 402 g/mol. The second-order valence-electron chi connectivity index (χ2n) is 5.69. The SMILES string of the molecule is COc1ccc(/C(O)=C2\C(=O)C(=O)N(C)[C@H]2c2ccc(Br)cc2)cc1. The van der Waals surface area contributed by atoms with Gasteiger partial charge < -0.3 is 14.7 Å². The molecular weight excluding hydrogens is 386 g/mol. The Kier molecular flexibility index (Phi) is 4.63. The van der Waals surface area contributed by atoms with Gasteiger partial charge in [0, 0.05) is 17.1 Å². The zero-order valence-electron chi connectivity index (χ0n) is 13.7. The smallest absolute Gasteiger partial charge is 0.295 e. The van der Waals surface area contributed by atoms with E-state index in [4.69, 9.17) is 4.74 Å². The van der Waals surface area contributed by atoms with Gasteiger partial charge in [0.1, 0.15) is 11.5 Å². The third-order valence-corrected chi connectivity index (χ3v) is 4.75. The van der Waals surface area contributed by atoms with E-state index >= 15 is 0 Å². The number of Topliss-reactive ketones (excluding diaryl/α,β-unsaturated/α-hetero) is 1. The summed E-state index contributed by atoms with van der Waals surface area (Å²) in [5.41, 5.74) is 1.29. The van der Waals surface area contributed by atoms with Gasteiger partial charge in [0.05, 0.1) is 18.7 Å². The van der Waals surface area contributed by atoms with Gasteiger partial charge in [-0.2, -0.15) is 0 Å². The lowest BCUT2D eigenvalue weighted by Gasteiger charge is -2.21. The van der Waals surface area contributed by atoms with E-state index < -0.39 is 17.7 Å². The molecule has 1 amide bonds. The minimum Gasteiger partial charge on any atom is -0.507 e. The van der Waals surface area contributed by atoms with Crippen molar-refractivity contribution in [2.24, 2.45) is 0 Å². The molecule has 1 fully saturated rings. The maximum Gasteiger partial charge on any atom is 0.295 e. The van der Waals surface area contributed by atoms with Crippen molar-refractivity contribution < 1.29 is 19.4 Å². The summed E-state index contributed by atoms with van der Waals surface area (Å²) in [5, 5.41) is 10.7. The highest BCUT2D eigenvalue weighted by molar-refractivity contribution is 9.10. The number of rotatable bonds is 3. The number of ketones is 1. The Morgan fingerprint density at radius 3 is 2.24 bits per heavy atom. The highest BCUT2D eigenvalue weighted by Crippen LogP contribution is 2.38. The number of likely N-dealkylation sites (tertiary alicyclic amines) is 1. The van der Waals surface area contributed by atoms with E-state index in [1.165, 1.54) is 4.90 Å². The van der Waals surface area contributed by atoms with Crippen molar-refractivity contribution in [2.45, 2.75) is 6.04 Å². The first kappa shape index (κ1) is 17.2. The van der Waals surface area contributed by atoms with Gasteiger partial charge >= 0.3 is 0 Å². The molecule has 0 aliphatic carbocycles. The maximum atomic E-state index is 12.5. The number of methoxy groups -OCH3 is 1. The van der Waals surface area contributed by atoms with Crippen molar-refractivity contribution in [3.05, 3.63) is 69.7 Å². The Labute approximate surface area is 153 Å². The third kappa shape index (κ3) is 3.05. The third-order valence-electron chi connectivity index (χ3n) is 4.22. The Morgan fingerprint density at radius 2 is 1.68 bits per heavy atom. The fourth-order valence-electron chi connectivity index (χ4n) is 2.89. The van der Waals surface area contributed by atoms with Gasteiger partial charge in [-0.25, -0.2) is 0 Å². The summed E-state index contributed by atoms with van der Waals surface area (Å²) >= 11 is 3.37. The van der Waals surface area contributed by atoms with Crippen molar-refractivity contribution in [2.75, 3.05) is 14.2 Å². The van der Waals surface area contributed by atoms with E-state index in [-0.39, 0.29) is 11.3 Å². The van der Waals surface area contributed by atoms with E-state index in [0.29, 0.717) is 11.3 Å². The van der Waals surface area contributed by atoms with Crippen LogP contribution >= 0.6 is 15.9 Å². The van der Waals surface area contributed by atoms with Gasteiger partial charge in [0.2, 0.25) is 0 Å². The Morgan fingerprint density at radius 1 is 1.08 bits per heavy atom. The molecule has 0 saturated carbocycles. The number of carbonyl (C=O) groups excluding carboxylic acids is 2. The number of carbonyl (C=O) groups is 2. The van der Waals surface area contributed by atoms with E-state index in [1.807, 2.05) is 24.3 Å². The number of aliphatic hydroxyl groups is 1. The summed E-state index contributed by atoms with van der Waals surface area (Å²) in [6.45, 7) is 0. The maximum absolute atomic E-state index is 12.5. The molecule has 1 aliphatic rings. The Hall–Kier alpha value is -2.60. The van der Waals surface area contributed by atoms with Crippen LogP contribution in [0.25, 0.3) is 5.76 Å². The number of aliphatic hydroxyl groups excluding tert-OH is 1. The minimum absolute atomic E-state index is 0.0833. The lowest BCUT2D eigenvalue weighted by Crippen LogP contribution is -2.24. The topological polar surface area (TPSA) is 66.8 Å². The molecule has 0 unspecified atom stereocenters. The van der Waals surface area contributed by atoms with Crippen LogP contribution in [0, 0.1) is 0 Å². The fourth-order valence-corrected chi connectivity index (χ4v) is 3.15. The predicted molar refractivity (Wildman–Crippen MR) is 97.2 cm³/mol. The molecule has 1 aliphatic heterocycles. The molecule has 0 radical (unpaired) electrons. The van der Waals surface area contributed by atoms with Gasteiger partial charge in [-0.1, -0.05) is 28.1 Å². The predicted octanol–water partition coefficient (Wildman–Crippen LogP) is 3.51. The quantitative estimate of drug-likeness (QED) is 0.485. The number of nitrogens with zero attached hydrogens (tertiary/aromatic N) is 1. The van der Waals surface area contributed by atoms with Crippen LogP contribution in [0.2, 0.25) is 0 Å². The van der Waals surface area contributed by atoms with E-state index in [9.17, 15) is 14.7 Å². The first-order chi connectivity index (χ1) is 11.9. The van der Waals surface area contributed by atoms with Crippen molar-refractivity contribution in [3.63, 3.8) is 0 Å². The molecule has 128 valence electrons. The number of hydrogen-bond donors (Lipinski definition) is 1. The van der Waals surface area contributed by atoms with Crippen molar-refractivity contribution in [1.82, 2.24) is 4.90 Å². The summed E-state index contributed by atoms with van der Waals surface area (Å²) in [6.07, 6.45) is 0. The van der Waals surface area contributed by atoms with Gasteiger partial charge in [0.15, 0.2) is 0 Å². The Bertz CT molecular complexity index is 856. The number of benzene rings is 2. The fraction of sp³-hybridized carbons (Fsp3) is 0.158. The number of hydrogen-bond acceptors (Lipinski definition) is 4. The van der Waals surface area contributed by atoms with Gasteiger partial charge in [-0.15, -0.1) is 0 Å². The van der Waals surface area contributed by atoms with Crippen LogP contribution in [0.1, 0.15) is 17.2 Å². The summed E-state index contributed by atoms with van der Waals surface area (Å²) < 4.78 is 5.99. The van der Waals surface area contributed by atoms with Crippen molar-refractivity contribution >= 4 is 33.4 Å². The van der Waals surface area contributed by atoms with Crippen LogP contribution in [0.5, 0.6) is 5.75 Å². The first-order valence-electron chi connectivity index (χ1n) is 7.58. The van der Waals surface area contributed by atoms with Crippen molar-refractivity contribution in [1.29, 1.82) is 0 Å². The molecule has 1 saturated heterocycles. The van der Waals surface area contributed by atoms with E-state index in [0.717, 1.165) is 10.0 Å². The summed E-state index contributed by atoms with van der Waals surface area (Å²) in [7, 11) is 3.10. The van der Waals surface area contributed by atoms with Gasteiger partial charge in [0.25, 0.3) is 11.7 Å². The molecule has 0 bridgehead atoms. The summed E-state index contributed by atoms with van der Waals surface area (Å²) in [5.74, 6) is -0.887. The highest BCUT2D eigenvalue weighted by Gasteiger charge is 2.44. The lowest BCUT2D eigenvalue weighted by atomic mass is 9.95. The standard InChI is InChI=1S/C19H16BrNO4/c1-21-16(11-3-7-13(20)8-4-11)15(18(23)19(21)24)17(22)12-5-9-14(25-2)10-6-12/h3-10,16,22H,1-2H3/b17-15+/t16-/m0/s1. The first-order valence-corrected chi connectivity index (χ1v) is 8.38. The summed E-state index contributed by atoms with van der Waals surface area (Å²) in [4.78, 5) is 26.0. The minimum atomic E-state index is -0.691. The summed E-state index contributed by atoms with van der Waals surface area (Å²) in [6, 6.07) is 13.3. The molecule has 3 rings (SSSR count). The molecule has 6 heteroatoms. The zero-order chi connectivity index (χ0) is 18.1. The number of halogens is 1. The highest BCUT2D eigenvalue weighted by atomic mass is 79.9. The van der Waals surface area contributed by atoms with Crippen molar-refractivity contribution in [3.8, 4) is 5.75 Å². The molecule has 1 heterocycles. The van der Waals surface area contributed by atoms with Crippen LogP contribution in [0.15, 0.2) is 58.6 Å². The molecule has 0 spiro atoms. The lowest BCUT2D eigenvalue weighted by molar-refractivity contribution is -0.139. The monoisotopic (exact) mass is 401 g/mol. The molecule has 1 N–H and O–H groups in total. The normalized spacial score (nSPS) is 19.3. The Balaban J connectivity index is 2.12. The molecular formula is C19H16BrNO4. The van der Waals surface area contributed by atoms with Crippen LogP contribution in [-0.2, 0) is 9.59 Å². The number of likely N-dealkylation sites (N-methyl/N-ethyl adjacent to an activating group) is 1. The molecule has 5 nitrogen and oxygen atoms in total. The molecule has 2 aromatic rings. The average Bonchev–Trinajstić information content (AvgIpc) is 2.86. The van der Waals surface area contributed by atoms with E-state index in [2.05, 4.69) is 15.9 Å². The number of amides is 1. The zero-order valence-corrected chi connectivity index (χ0v) is 15.3. The molecule has 25 heavy (non-hydrogen) atoms.